The number of allylic oxidation sites excluding steroid dienone is 2. The van der Waals surface area contributed by atoms with E-state index in [1.807, 2.05) is 13.8 Å². The second-order valence-corrected chi connectivity index (χ2v) is 4.45. The van der Waals surface area contributed by atoms with Crippen LogP contribution in [-0.2, 0) is 4.79 Å². The number of amides is 3. The number of rotatable bonds is 3. The molecule has 1 aliphatic rings. The Balaban J connectivity index is 2.65. The first kappa shape index (κ1) is 11.8. The van der Waals surface area contributed by atoms with Crippen LogP contribution in [0.5, 0.6) is 0 Å². The Kier molecular flexibility index (Phi) is 3.17. The van der Waals surface area contributed by atoms with Crippen molar-refractivity contribution in [3.05, 3.63) is 11.6 Å². The van der Waals surface area contributed by atoms with Gasteiger partial charge in [0.15, 0.2) is 0 Å². The van der Waals surface area contributed by atoms with Gasteiger partial charge >= 0.3 is 6.03 Å². The second kappa shape index (κ2) is 4.04. The fraction of sp³-hybridized carbons (Fsp3) is 0.636. The average Bonchev–Trinajstić information content (AvgIpc) is 2.30. The van der Waals surface area contributed by atoms with Crippen LogP contribution in [0.2, 0.25) is 0 Å². The number of urea groups is 1. The van der Waals surface area contributed by atoms with E-state index in [0.29, 0.717) is 6.42 Å². The fourth-order valence-electron chi connectivity index (χ4n) is 1.65. The molecule has 0 aliphatic carbocycles. The summed E-state index contributed by atoms with van der Waals surface area (Å²) in [5.74, 6) is -0.144. The van der Waals surface area contributed by atoms with Gasteiger partial charge in [-0.3, -0.25) is 9.69 Å². The SMILES string of the molecule is CC(C)=CCC[C@]1(C)NC(=O)N(C)C1=O. The highest BCUT2D eigenvalue weighted by Gasteiger charge is 2.45. The van der Waals surface area contributed by atoms with E-state index in [4.69, 9.17) is 0 Å². The molecule has 1 atom stereocenters. The van der Waals surface area contributed by atoms with E-state index in [0.717, 1.165) is 11.3 Å². The molecule has 1 saturated heterocycles. The van der Waals surface area contributed by atoms with Gasteiger partial charge in [-0.2, -0.15) is 0 Å². The summed E-state index contributed by atoms with van der Waals surface area (Å²) in [6.07, 6.45) is 3.52. The van der Waals surface area contributed by atoms with E-state index in [9.17, 15) is 9.59 Å². The molecule has 3 amide bonds. The van der Waals surface area contributed by atoms with Gasteiger partial charge in [0.2, 0.25) is 0 Å². The van der Waals surface area contributed by atoms with Crippen LogP contribution >= 0.6 is 0 Å². The largest absolute Gasteiger partial charge is 0.324 e. The van der Waals surface area contributed by atoms with Crippen LogP contribution in [0.4, 0.5) is 4.79 Å². The Morgan fingerprint density at radius 2 is 2.07 bits per heavy atom. The Morgan fingerprint density at radius 1 is 1.47 bits per heavy atom. The van der Waals surface area contributed by atoms with Crippen LogP contribution in [-0.4, -0.2) is 29.4 Å². The summed E-state index contributed by atoms with van der Waals surface area (Å²) in [5, 5.41) is 2.71. The van der Waals surface area contributed by atoms with Gasteiger partial charge < -0.3 is 5.32 Å². The van der Waals surface area contributed by atoms with Crippen molar-refractivity contribution in [1.82, 2.24) is 10.2 Å². The molecule has 1 aliphatic heterocycles. The molecular weight excluding hydrogens is 192 g/mol. The van der Waals surface area contributed by atoms with Crippen LogP contribution in [0.25, 0.3) is 0 Å². The minimum absolute atomic E-state index is 0.144. The Bertz CT molecular complexity index is 319. The van der Waals surface area contributed by atoms with Crippen molar-refractivity contribution in [3.63, 3.8) is 0 Å². The summed E-state index contributed by atoms with van der Waals surface area (Å²) in [5.41, 5.74) is 0.501. The molecular formula is C11H18N2O2. The van der Waals surface area contributed by atoms with Crippen LogP contribution in [0, 0.1) is 0 Å². The summed E-state index contributed by atoms with van der Waals surface area (Å²) in [4.78, 5) is 24.2. The molecule has 0 saturated carbocycles. The number of imide groups is 1. The van der Waals surface area contributed by atoms with Crippen molar-refractivity contribution < 1.29 is 9.59 Å². The lowest BCUT2D eigenvalue weighted by Crippen LogP contribution is -2.43. The summed E-state index contributed by atoms with van der Waals surface area (Å²) >= 11 is 0. The highest BCUT2D eigenvalue weighted by Crippen LogP contribution is 2.21. The van der Waals surface area contributed by atoms with Crippen molar-refractivity contribution in [1.29, 1.82) is 0 Å². The zero-order valence-corrected chi connectivity index (χ0v) is 9.76. The summed E-state index contributed by atoms with van der Waals surface area (Å²) in [6.45, 7) is 5.81. The molecule has 0 bridgehead atoms. The number of hydrogen-bond donors (Lipinski definition) is 1. The molecule has 1 fully saturated rings. The fourth-order valence-corrected chi connectivity index (χ4v) is 1.65. The van der Waals surface area contributed by atoms with Crippen LogP contribution < -0.4 is 5.32 Å². The summed E-state index contributed by atoms with van der Waals surface area (Å²) in [6, 6.07) is -0.306. The lowest BCUT2D eigenvalue weighted by molar-refractivity contribution is -0.130. The van der Waals surface area contributed by atoms with E-state index in [2.05, 4.69) is 11.4 Å². The molecule has 0 aromatic carbocycles. The van der Waals surface area contributed by atoms with E-state index >= 15 is 0 Å². The maximum atomic E-state index is 11.7. The van der Waals surface area contributed by atoms with Gasteiger partial charge in [-0.05, 0) is 33.6 Å². The summed E-state index contributed by atoms with van der Waals surface area (Å²) in [7, 11) is 1.50. The standard InChI is InChI=1S/C11H18N2O2/c1-8(2)6-5-7-11(3)9(14)13(4)10(15)12-11/h6H,5,7H2,1-4H3,(H,12,15)/t11-/m0/s1. The molecule has 84 valence electrons. The van der Waals surface area contributed by atoms with Crippen molar-refractivity contribution in [2.24, 2.45) is 0 Å². The van der Waals surface area contributed by atoms with Crippen LogP contribution in [0.3, 0.4) is 0 Å². The number of carbonyl (C=O) groups excluding carboxylic acids is 2. The smallest absolute Gasteiger partial charge is 0.323 e. The van der Waals surface area contributed by atoms with E-state index in [-0.39, 0.29) is 11.9 Å². The van der Waals surface area contributed by atoms with Gasteiger partial charge in [-0.15, -0.1) is 0 Å². The molecule has 0 unspecified atom stereocenters. The van der Waals surface area contributed by atoms with E-state index in [1.54, 1.807) is 6.92 Å². The Morgan fingerprint density at radius 3 is 2.47 bits per heavy atom. The third-order valence-electron chi connectivity index (χ3n) is 2.66. The van der Waals surface area contributed by atoms with Crippen LogP contribution in [0.15, 0.2) is 11.6 Å². The number of nitrogens with one attached hydrogen (secondary N) is 1. The molecule has 0 spiro atoms. The van der Waals surface area contributed by atoms with Gasteiger partial charge in [-0.1, -0.05) is 11.6 Å². The lowest BCUT2D eigenvalue weighted by atomic mass is 9.95. The van der Waals surface area contributed by atoms with Gasteiger partial charge in [0.25, 0.3) is 5.91 Å². The quantitative estimate of drug-likeness (QED) is 0.569. The molecule has 0 aromatic rings. The highest BCUT2D eigenvalue weighted by molar-refractivity contribution is 6.06. The topological polar surface area (TPSA) is 49.4 Å². The predicted octanol–water partition coefficient (Wildman–Crippen LogP) is 1.67. The van der Waals surface area contributed by atoms with Crippen molar-refractivity contribution >= 4 is 11.9 Å². The molecule has 15 heavy (non-hydrogen) atoms. The van der Waals surface area contributed by atoms with Crippen molar-refractivity contribution in [2.75, 3.05) is 7.05 Å². The Labute approximate surface area is 90.3 Å². The van der Waals surface area contributed by atoms with Crippen LogP contribution in [0.1, 0.15) is 33.6 Å². The molecule has 0 radical (unpaired) electrons. The third kappa shape index (κ3) is 2.37. The normalized spacial score (nSPS) is 25.5. The molecule has 4 nitrogen and oxygen atoms in total. The zero-order chi connectivity index (χ0) is 11.6. The first-order valence-corrected chi connectivity index (χ1v) is 5.10. The third-order valence-corrected chi connectivity index (χ3v) is 2.66. The maximum absolute atomic E-state index is 11.7. The minimum atomic E-state index is -0.724. The van der Waals surface area contributed by atoms with Gasteiger partial charge in [0.05, 0.1) is 0 Å². The number of hydrogen-bond acceptors (Lipinski definition) is 2. The number of carbonyl (C=O) groups is 2. The number of likely N-dealkylation sites (N-methyl/N-ethyl adjacent to an activating group) is 1. The monoisotopic (exact) mass is 210 g/mol. The van der Waals surface area contributed by atoms with Gasteiger partial charge in [0, 0.05) is 7.05 Å². The first-order chi connectivity index (χ1) is 6.87. The first-order valence-electron chi connectivity index (χ1n) is 5.10. The average molecular weight is 210 g/mol. The van der Waals surface area contributed by atoms with Gasteiger partial charge in [0.1, 0.15) is 5.54 Å². The molecule has 1 rings (SSSR count). The van der Waals surface area contributed by atoms with Crippen molar-refractivity contribution in [3.8, 4) is 0 Å². The predicted molar refractivity (Wildman–Crippen MR) is 58.4 cm³/mol. The number of nitrogens with zero attached hydrogens (tertiary/aromatic N) is 1. The lowest BCUT2D eigenvalue weighted by Gasteiger charge is -2.19. The van der Waals surface area contributed by atoms with E-state index < -0.39 is 5.54 Å². The highest BCUT2D eigenvalue weighted by atomic mass is 16.2. The second-order valence-electron chi connectivity index (χ2n) is 4.45. The molecule has 1 N–H and O–H groups in total. The van der Waals surface area contributed by atoms with Crippen molar-refractivity contribution in [2.45, 2.75) is 39.2 Å². The summed E-state index contributed by atoms with van der Waals surface area (Å²) < 4.78 is 0. The molecule has 1 heterocycles. The maximum Gasteiger partial charge on any atom is 0.324 e. The zero-order valence-electron chi connectivity index (χ0n) is 9.76. The molecule has 0 aromatic heterocycles. The van der Waals surface area contributed by atoms with Gasteiger partial charge in [-0.25, -0.2) is 4.79 Å². The Hall–Kier alpha value is -1.32. The molecule has 4 heteroatoms. The van der Waals surface area contributed by atoms with E-state index in [1.165, 1.54) is 12.6 Å². The minimum Gasteiger partial charge on any atom is -0.323 e.